The molecule has 0 bridgehead atoms. The van der Waals surface area contributed by atoms with Gasteiger partial charge in [0.1, 0.15) is 5.75 Å². The van der Waals surface area contributed by atoms with E-state index in [1.165, 1.54) is 6.07 Å². The van der Waals surface area contributed by atoms with Gasteiger partial charge < -0.3 is 15.4 Å². The summed E-state index contributed by atoms with van der Waals surface area (Å²) < 4.78 is 43.7. The predicted molar refractivity (Wildman–Crippen MR) is 102 cm³/mol. The minimum Gasteiger partial charge on any atom is -0.494 e. The quantitative estimate of drug-likeness (QED) is 0.520. The molecule has 2 rings (SSSR count). The average Bonchev–Trinajstić information content (AvgIpc) is 2.60. The zero-order valence-electron chi connectivity index (χ0n) is 14.4. The highest BCUT2D eigenvalue weighted by Crippen LogP contribution is 2.30. The molecule has 0 unspecified atom stereocenters. The largest absolute Gasteiger partial charge is 0.494 e. The van der Waals surface area contributed by atoms with Crippen molar-refractivity contribution >= 4 is 23.0 Å². The monoisotopic (exact) mass is 382 g/mol. The topological polar surface area (TPSA) is 33.3 Å². The molecule has 0 heterocycles. The standard InChI is InChI=1S/C19H21F3N2OS/c1-2-25-17-11-4-3-7-14(17)8-6-12-23-18(26)24-16-10-5-9-15(13-16)19(20,21)22/h3-5,7,9-11,13H,2,6,8,12H2,1H3,(H2,23,24,26). The second kappa shape index (κ2) is 9.43. The summed E-state index contributed by atoms with van der Waals surface area (Å²) in [4.78, 5) is 0. The van der Waals surface area contributed by atoms with Crippen molar-refractivity contribution in [2.24, 2.45) is 0 Å². The normalized spacial score (nSPS) is 11.1. The summed E-state index contributed by atoms with van der Waals surface area (Å²) in [5, 5.41) is 6.08. The van der Waals surface area contributed by atoms with E-state index in [4.69, 9.17) is 17.0 Å². The van der Waals surface area contributed by atoms with E-state index in [2.05, 4.69) is 10.6 Å². The van der Waals surface area contributed by atoms with Gasteiger partial charge in [0.2, 0.25) is 0 Å². The van der Waals surface area contributed by atoms with Crippen molar-refractivity contribution in [2.75, 3.05) is 18.5 Å². The van der Waals surface area contributed by atoms with Gasteiger partial charge in [-0.1, -0.05) is 24.3 Å². The van der Waals surface area contributed by atoms with Gasteiger partial charge in [-0.25, -0.2) is 0 Å². The Hall–Kier alpha value is -2.28. The molecular weight excluding hydrogens is 361 g/mol. The summed E-state index contributed by atoms with van der Waals surface area (Å²) in [5.74, 6) is 0.875. The molecule has 0 amide bonds. The van der Waals surface area contributed by atoms with Gasteiger partial charge in [-0.2, -0.15) is 13.2 Å². The molecule has 2 aromatic carbocycles. The molecule has 0 atom stereocenters. The van der Waals surface area contributed by atoms with Gasteiger partial charge >= 0.3 is 6.18 Å². The smallest absolute Gasteiger partial charge is 0.416 e. The SMILES string of the molecule is CCOc1ccccc1CCCNC(=S)Nc1cccc(C(F)(F)F)c1. The maximum atomic E-state index is 12.7. The van der Waals surface area contributed by atoms with Gasteiger partial charge in [-0.3, -0.25) is 0 Å². The van der Waals surface area contributed by atoms with E-state index in [-0.39, 0.29) is 0 Å². The zero-order chi connectivity index (χ0) is 19.0. The van der Waals surface area contributed by atoms with Crippen molar-refractivity contribution in [3.63, 3.8) is 0 Å². The van der Waals surface area contributed by atoms with E-state index in [1.54, 1.807) is 6.07 Å². The average molecular weight is 382 g/mol. The molecule has 3 nitrogen and oxygen atoms in total. The molecular formula is C19H21F3N2OS. The van der Waals surface area contributed by atoms with Crippen LogP contribution in [0.25, 0.3) is 0 Å². The Morgan fingerprint density at radius 3 is 2.62 bits per heavy atom. The van der Waals surface area contributed by atoms with Crippen molar-refractivity contribution < 1.29 is 17.9 Å². The Morgan fingerprint density at radius 1 is 1.12 bits per heavy atom. The Labute approximate surface area is 156 Å². The second-order valence-corrected chi connectivity index (χ2v) is 6.01. The highest BCUT2D eigenvalue weighted by Gasteiger charge is 2.30. The molecule has 0 aliphatic heterocycles. The Kier molecular flexibility index (Phi) is 7.26. The van der Waals surface area contributed by atoms with Gasteiger partial charge in [0.15, 0.2) is 5.11 Å². The first-order valence-electron chi connectivity index (χ1n) is 8.33. The van der Waals surface area contributed by atoms with Crippen molar-refractivity contribution in [3.05, 3.63) is 59.7 Å². The van der Waals surface area contributed by atoms with Crippen LogP contribution in [-0.4, -0.2) is 18.3 Å². The van der Waals surface area contributed by atoms with Gasteiger partial charge in [-0.15, -0.1) is 0 Å². The van der Waals surface area contributed by atoms with Crippen molar-refractivity contribution in [2.45, 2.75) is 25.9 Å². The van der Waals surface area contributed by atoms with Gasteiger partial charge in [0.05, 0.1) is 12.2 Å². The fourth-order valence-corrected chi connectivity index (χ4v) is 2.66. The number of nitrogens with one attached hydrogen (secondary N) is 2. The molecule has 0 fully saturated rings. The van der Waals surface area contributed by atoms with Crippen LogP contribution in [0.4, 0.5) is 18.9 Å². The minimum absolute atomic E-state index is 0.294. The van der Waals surface area contributed by atoms with Gasteiger partial charge in [0.25, 0.3) is 0 Å². The first kappa shape index (κ1) is 20.0. The molecule has 0 saturated heterocycles. The molecule has 0 spiro atoms. The minimum atomic E-state index is -4.37. The van der Waals surface area contributed by atoms with E-state index in [0.717, 1.165) is 36.3 Å². The number of anilines is 1. The van der Waals surface area contributed by atoms with E-state index < -0.39 is 11.7 Å². The van der Waals surface area contributed by atoms with Crippen LogP contribution < -0.4 is 15.4 Å². The number of thiocarbonyl (C=S) groups is 1. The van der Waals surface area contributed by atoms with E-state index in [0.29, 0.717) is 24.0 Å². The van der Waals surface area contributed by atoms with Crippen LogP contribution in [0.1, 0.15) is 24.5 Å². The molecule has 0 radical (unpaired) electrons. The number of para-hydroxylation sites is 1. The number of alkyl halides is 3. The summed E-state index contributed by atoms with van der Waals surface area (Å²) in [6.07, 6.45) is -2.75. The van der Waals surface area contributed by atoms with Crippen molar-refractivity contribution in [3.8, 4) is 5.75 Å². The maximum absolute atomic E-state index is 12.7. The molecule has 2 aromatic rings. The number of aryl methyl sites for hydroxylation is 1. The number of rotatable bonds is 7. The third-order valence-electron chi connectivity index (χ3n) is 3.63. The first-order chi connectivity index (χ1) is 12.4. The summed E-state index contributed by atoms with van der Waals surface area (Å²) in [5.41, 5.74) is 0.713. The fourth-order valence-electron chi connectivity index (χ4n) is 2.44. The number of hydrogen-bond acceptors (Lipinski definition) is 2. The van der Waals surface area contributed by atoms with Crippen LogP contribution >= 0.6 is 12.2 Å². The fraction of sp³-hybridized carbons (Fsp3) is 0.316. The Bertz CT molecular complexity index is 735. The van der Waals surface area contributed by atoms with Crippen molar-refractivity contribution in [1.29, 1.82) is 0 Å². The van der Waals surface area contributed by atoms with Crippen LogP contribution in [-0.2, 0) is 12.6 Å². The molecule has 2 N–H and O–H groups in total. The van der Waals surface area contributed by atoms with Crippen LogP contribution in [0.2, 0.25) is 0 Å². The molecule has 0 aliphatic rings. The summed E-state index contributed by atoms with van der Waals surface area (Å²) >= 11 is 5.14. The van der Waals surface area contributed by atoms with Crippen LogP contribution in [0.5, 0.6) is 5.75 Å². The Balaban J connectivity index is 1.79. The molecule has 26 heavy (non-hydrogen) atoms. The van der Waals surface area contributed by atoms with Gasteiger partial charge in [-0.05, 0) is 61.8 Å². The number of benzene rings is 2. The van der Waals surface area contributed by atoms with Crippen LogP contribution in [0.3, 0.4) is 0 Å². The first-order valence-corrected chi connectivity index (χ1v) is 8.74. The summed E-state index contributed by atoms with van der Waals surface area (Å²) in [7, 11) is 0. The molecule has 0 aromatic heterocycles. The molecule has 0 saturated carbocycles. The van der Waals surface area contributed by atoms with Gasteiger partial charge in [0, 0.05) is 12.2 Å². The highest BCUT2D eigenvalue weighted by atomic mass is 32.1. The van der Waals surface area contributed by atoms with Crippen LogP contribution in [0, 0.1) is 0 Å². The second-order valence-electron chi connectivity index (χ2n) is 5.60. The van der Waals surface area contributed by atoms with Crippen molar-refractivity contribution in [1.82, 2.24) is 5.32 Å². The number of halogens is 3. The molecule has 0 aliphatic carbocycles. The van der Waals surface area contributed by atoms with E-state index in [1.807, 2.05) is 31.2 Å². The molecule has 7 heteroatoms. The lowest BCUT2D eigenvalue weighted by Crippen LogP contribution is -2.29. The third-order valence-corrected chi connectivity index (χ3v) is 3.88. The summed E-state index contributed by atoms with van der Waals surface area (Å²) in [6.45, 7) is 3.15. The third kappa shape index (κ3) is 6.22. The van der Waals surface area contributed by atoms with Crippen LogP contribution in [0.15, 0.2) is 48.5 Å². The lowest BCUT2D eigenvalue weighted by molar-refractivity contribution is -0.137. The highest BCUT2D eigenvalue weighted by molar-refractivity contribution is 7.80. The lowest BCUT2D eigenvalue weighted by Gasteiger charge is -2.13. The zero-order valence-corrected chi connectivity index (χ0v) is 15.2. The molecule has 140 valence electrons. The maximum Gasteiger partial charge on any atom is 0.416 e. The summed E-state index contributed by atoms with van der Waals surface area (Å²) in [6, 6.07) is 12.8. The lowest BCUT2D eigenvalue weighted by atomic mass is 10.1. The predicted octanol–water partition coefficient (Wildman–Crippen LogP) is 5.02. The Morgan fingerprint density at radius 2 is 1.88 bits per heavy atom. The number of ether oxygens (including phenoxy) is 1. The van der Waals surface area contributed by atoms with E-state index in [9.17, 15) is 13.2 Å². The number of hydrogen-bond donors (Lipinski definition) is 2. The van der Waals surface area contributed by atoms with E-state index >= 15 is 0 Å².